The van der Waals surface area contributed by atoms with Gasteiger partial charge in [0.15, 0.2) is 0 Å². The fraction of sp³-hybridized carbons (Fsp3) is 0.860. The van der Waals surface area contributed by atoms with Gasteiger partial charge in [-0.2, -0.15) is 0 Å². The molecule has 7 nitrogen and oxygen atoms in total. The number of hydrogen-bond acceptors (Lipinski definition) is 7. The predicted octanol–water partition coefficient (Wildman–Crippen LogP) is 11.4. The lowest BCUT2D eigenvalue weighted by molar-refractivity contribution is -0.0802. The summed E-state index contributed by atoms with van der Waals surface area (Å²) in [6.07, 6.45) is 26.6. The number of alkyl halides is 1. The van der Waals surface area contributed by atoms with Gasteiger partial charge in [-0.1, -0.05) is 95.9 Å². The van der Waals surface area contributed by atoms with Gasteiger partial charge in [-0.3, -0.25) is 5.43 Å². The molecule has 0 amide bonds. The van der Waals surface area contributed by atoms with Gasteiger partial charge in [-0.15, -0.1) is 0 Å². The van der Waals surface area contributed by atoms with Crippen molar-refractivity contribution in [3.8, 4) is 0 Å². The van der Waals surface area contributed by atoms with Crippen LogP contribution in [0.2, 0.25) is 0 Å². The molecule has 8 aliphatic carbocycles. The Kier molecular flexibility index (Phi) is 13.2. The lowest BCUT2D eigenvalue weighted by atomic mass is 9.56. The summed E-state index contributed by atoms with van der Waals surface area (Å²) in [4.78, 5) is 1.97. The second kappa shape index (κ2) is 17.9. The van der Waals surface area contributed by atoms with Crippen molar-refractivity contribution in [3.63, 3.8) is 0 Å². The minimum atomic E-state index is -0.113. The summed E-state index contributed by atoms with van der Waals surface area (Å²) in [6.45, 7) is 20.6. The van der Waals surface area contributed by atoms with Crippen molar-refractivity contribution in [2.75, 3.05) is 18.5 Å². The molecule has 12 aliphatic rings. The van der Waals surface area contributed by atoms with Crippen LogP contribution in [0, 0.1) is 64.1 Å². The van der Waals surface area contributed by atoms with E-state index < -0.39 is 0 Å². The van der Waals surface area contributed by atoms with Crippen molar-refractivity contribution in [2.24, 2.45) is 64.1 Å². The maximum Gasteiger partial charge on any atom is 0.0770 e. The second-order valence-corrected chi connectivity index (χ2v) is 25.4. The summed E-state index contributed by atoms with van der Waals surface area (Å²) < 4.78 is 14.1. The summed E-state index contributed by atoms with van der Waals surface area (Å²) in [5.41, 5.74) is 14.5. The molecule has 0 radical (unpaired) electrons. The van der Waals surface area contributed by atoms with Crippen LogP contribution in [0.5, 0.6) is 0 Å². The van der Waals surface area contributed by atoms with Crippen LogP contribution in [0.15, 0.2) is 45.6 Å². The van der Waals surface area contributed by atoms with E-state index in [2.05, 4.69) is 113 Å². The van der Waals surface area contributed by atoms with Crippen molar-refractivity contribution in [1.29, 1.82) is 0 Å². The lowest BCUT2D eigenvalue weighted by Gasteiger charge is -2.49. The van der Waals surface area contributed by atoms with Gasteiger partial charge in [-0.25, -0.2) is 5.01 Å². The average Bonchev–Trinajstić information content (AvgIpc) is 3.94. The molecule has 4 aliphatic heterocycles. The van der Waals surface area contributed by atoms with Crippen LogP contribution in [-0.4, -0.2) is 87.5 Å². The molecule has 12 rings (SSSR count). The first-order chi connectivity index (χ1) is 31.0. The molecule has 8 fully saturated rings. The summed E-state index contributed by atoms with van der Waals surface area (Å²) in [5.74, 6) is 6.57. The highest BCUT2D eigenvalue weighted by molar-refractivity contribution is 14.1. The van der Waals surface area contributed by atoms with E-state index in [1.165, 1.54) is 70.6 Å². The summed E-state index contributed by atoms with van der Waals surface area (Å²) in [7, 11) is 2.22. The van der Waals surface area contributed by atoms with Crippen LogP contribution in [0.3, 0.4) is 0 Å². The number of rotatable bonds is 0. The van der Waals surface area contributed by atoms with Crippen LogP contribution in [0.1, 0.15) is 171 Å². The minimum absolute atomic E-state index is 0.0147. The molecule has 4 saturated heterocycles. The molecular formula is C57H90IN3O4. The number of piperidine rings is 1. The van der Waals surface area contributed by atoms with E-state index in [-0.39, 0.29) is 23.4 Å². The maximum atomic E-state index is 10.3. The molecular weight excluding hydrogens is 918 g/mol. The molecule has 0 aromatic carbocycles. The molecule has 8 heteroatoms. The van der Waals surface area contributed by atoms with Gasteiger partial charge in [0, 0.05) is 37.5 Å². The molecule has 0 aromatic rings. The van der Waals surface area contributed by atoms with Crippen LogP contribution in [0.4, 0.5) is 0 Å². The van der Waals surface area contributed by atoms with Gasteiger partial charge >= 0.3 is 0 Å². The van der Waals surface area contributed by atoms with Crippen molar-refractivity contribution in [2.45, 2.75) is 225 Å². The van der Waals surface area contributed by atoms with E-state index in [9.17, 15) is 10.2 Å². The number of aliphatic hydroxyl groups excluding tert-OH is 2. The molecule has 2 spiro atoms. The predicted molar refractivity (Wildman–Crippen MR) is 272 cm³/mol. The quantitative estimate of drug-likeness (QED) is 0.109. The monoisotopic (exact) mass is 1010 g/mol. The Morgan fingerprint density at radius 2 is 1.14 bits per heavy atom. The van der Waals surface area contributed by atoms with Crippen molar-refractivity contribution in [3.05, 3.63) is 45.6 Å². The Balaban J connectivity index is 0.000000148. The molecule has 0 aromatic heterocycles. The Morgan fingerprint density at radius 1 is 0.646 bits per heavy atom. The summed E-state index contributed by atoms with van der Waals surface area (Å²) >= 11 is 2.15. The Bertz CT molecular complexity index is 1950. The average molecular weight is 1010 g/mol. The number of ether oxygens (including phenoxy) is 2. The van der Waals surface area contributed by atoms with Gasteiger partial charge < -0.3 is 25.0 Å². The number of aliphatic hydroxyl groups is 2. The first-order valence-electron chi connectivity index (χ1n) is 27.1. The minimum Gasteiger partial charge on any atom is -0.393 e. The number of likely N-dealkylation sites (N-methyl/N-ethyl adjacent to an activating group) is 1. The molecule has 4 saturated carbocycles. The van der Waals surface area contributed by atoms with Crippen LogP contribution >= 0.6 is 22.6 Å². The number of allylic oxidation sites excluding steroid dienone is 4. The van der Waals surface area contributed by atoms with Gasteiger partial charge in [-0.05, 0) is 200 Å². The molecule has 364 valence electrons. The van der Waals surface area contributed by atoms with Crippen molar-refractivity contribution >= 4 is 22.6 Å². The zero-order valence-electron chi connectivity index (χ0n) is 42.4. The van der Waals surface area contributed by atoms with E-state index >= 15 is 0 Å². The number of nitrogens with zero attached hydrogens (tertiary/aromatic N) is 1. The largest absolute Gasteiger partial charge is 0.393 e. The first kappa shape index (κ1) is 48.1. The number of nitrogens with one attached hydrogen (secondary N) is 2. The molecule has 20 atom stereocenters. The number of halogens is 1. The standard InChI is InChI=1S/C28H44N2O2.C28H43NO2.CH3I/c1-16-15-28(18(3)26-25(32-28)12-17(2)29-30(26)5)11-9-21-22-7-6-19-13-20(31)8-10-27(19,4)24(22)14-23(16)21;1-16-14-28(18(3)24-15-29-17(2)11-26(24)31-28)10-8-21-22-6-5-19-12-20(30)7-9-27(19,4)25(22)13-23(16)21;1-2/h6,17-18,20-22,24-26,29,31H,7-15H2,1-5H3;5,17-18,20-22,24-26,29-30H,6-15H2,1-4H3;1H3/t17-,18+,20-,21-,22-,24-,25+,26-,27-,28-;17-,18+,20-,21-,22-,24-,25-,26+,27-,28-;/m00./s1. The third-order valence-corrected chi connectivity index (χ3v) is 22.3. The highest BCUT2D eigenvalue weighted by atomic mass is 127. The van der Waals surface area contributed by atoms with Crippen LogP contribution in [-0.2, 0) is 9.47 Å². The van der Waals surface area contributed by atoms with Gasteiger partial charge in [0.25, 0.3) is 0 Å². The molecule has 4 N–H and O–H groups in total. The van der Waals surface area contributed by atoms with Crippen LogP contribution in [0.25, 0.3) is 0 Å². The highest BCUT2D eigenvalue weighted by Gasteiger charge is 2.61. The Labute approximate surface area is 408 Å². The zero-order valence-corrected chi connectivity index (χ0v) is 44.5. The van der Waals surface area contributed by atoms with E-state index in [0.717, 1.165) is 87.0 Å². The van der Waals surface area contributed by atoms with Gasteiger partial charge in [0.1, 0.15) is 0 Å². The fourth-order valence-corrected chi connectivity index (χ4v) is 18.7. The highest BCUT2D eigenvalue weighted by Crippen LogP contribution is 2.66. The Hall–Kier alpha value is -0.590. The van der Waals surface area contributed by atoms with Crippen LogP contribution < -0.4 is 10.7 Å². The SMILES string of the molecule is CC1=C2C[C@H]3[C@@H](CC=C4C[C@@H](O)CC[C@@]43C)[C@@H]2CC[C@@]2(C1)O[C@@H]1C[C@H](C)NC[C@H]1[C@H]2C.CC1=C2C[C@H]3[C@@H](CC=C4C[C@@H](O)CC[C@@]43C)[C@@H]2CC[C@@]2(C1)O[C@@H]1C[C@H](C)NN(C)[C@H]1[C@H]2C.CI. The molecule has 65 heavy (non-hydrogen) atoms. The zero-order chi connectivity index (χ0) is 46.0. The van der Waals surface area contributed by atoms with E-state index in [1.807, 2.05) is 10.5 Å². The summed E-state index contributed by atoms with van der Waals surface area (Å²) in [6, 6.07) is 1.57. The summed E-state index contributed by atoms with van der Waals surface area (Å²) in [5, 5.41) is 26.6. The molecule has 4 heterocycles. The fourth-order valence-electron chi connectivity index (χ4n) is 18.7. The smallest absolute Gasteiger partial charge is 0.0770 e. The van der Waals surface area contributed by atoms with Crippen molar-refractivity contribution < 1.29 is 19.7 Å². The third-order valence-electron chi connectivity index (χ3n) is 22.3. The van der Waals surface area contributed by atoms with E-state index in [4.69, 9.17) is 9.47 Å². The van der Waals surface area contributed by atoms with Gasteiger partial charge in [0.05, 0.1) is 41.7 Å². The number of fused-ring (bicyclic) bond motifs is 12. The Morgan fingerprint density at radius 3 is 1.68 bits per heavy atom. The molecule has 0 unspecified atom stereocenters. The first-order valence-corrected chi connectivity index (χ1v) is 29.3. The lowest BCUT2D eigenvalue weighted by Crippen LogP contribution is -2.58. The topological polar surface area (TPSA) is 86.2 Å². The second-order valence-electron chi connectivity index (χ2n) is 25.4. The third kappa shape index (κ3) is 7.86. The van der Waals surface area contributed by atoms with Gasteiger partial charge in [0.2, 0.25) is 0 Å². The van der Waals surface area contributed by atoms with E-state index in [0.29, 0.717) is 58.9 Å². The number of hydrazine groups is 1. The van der Waals surface area contributed by atoms with Crippen molar-refractivity contribution in [1.82, 2.24) is 15.8 Å². The molecule has 0 bridgehead atoms. The normalized spacial score (nSPS) is 52.1. The van der Waals surface area contributed by atoms with E-state index in [1.54, 1.807) is 27.9 Å². The number of hydrogen-bond donors (Lipinski definition) is 4. The maximum absolute atomic E-state index is 10.3.